The predicted molar refractivity (Wildman–Crippen MR) is 79.8 cm³/mol. The predicted octanol–water partition coefficient (Wildman–Crippen LogP) is 0.639. The molecule has 1 aromatic rings. The van der Waals surface area contributed by atoms with Gasteiger partial charge in [0.25, 0.3) is 0 Å². The highest BCUT2D eigenvalue weighted by molar-refractivity contribution is 7.99. The summed E-state index contributed by atoms with van der Waals surface area (Å²) in [6, 6.07) is 0.411. The molecule has 0 bridgehead atoms. The van der Waals surface area contributed by atoms with Crippen molar-refractivity contribution in [2.75, 3.05) is 18.8 Å². The molecule has 2 amide bonds. The number of amides is 2. The summed E-state index contributed by atoms with van der Waals surface area (Å²) in [5, 5.41) is 3.88. The minimum absolute atomic E-state index is 0.00643. The van der Waals surface area contributed by atoms with E-state index in [2.05, 4.69) is 10.3 Å². The normalized spacial score (nSPS) is 21.9. The fourth-order valence-electron chi connectivity index (χ4n) is 2.60. The lowest BCUT2D eigenvalue weighted by Gasteiger charge is -2.15. The fourth-order valence-corrected chi connectivity index (χ4v) is 3.38. The van der Waals surface area contributed by atoms with Crippen molar-refractivity contribution < 1.29 is 9.59 Å². The Morgan fingerprint density at radius 3 is 3.00 bits per heavy atom. The van der Waals surface area contributed by atoms with Gasteiger partial charge < -0.3 is 14.8 Å². The molecule has 0 spiro atoms. The SMILES string of the molecule is Cn1ccnc1SCCNC(=O)[C@@H]1CC(=O)N(C2CC2)C1. The second kappa shape index (κ2) is 6.09. The number of rotatable bonds is 6. The van der Waals surface area contributed by atoms with Gasteiger partial charge in [-0.2, -0.15) is 0 Å². The molecule has 3 rings (SSSR count). The molecular weight excluding hydrogens is 288 g/mol. The summed E-state index contributed by atoms with van der Waals surface area (Å²) in [5.41, 5.74) is 0. The molecule has 1 N–H and O–H groups in total. The van der Waals surface area contributed by atoms with Gasteiger partial charge in [0.15, 0.2) is 5.16 Å². The van der Waals surface area contributed by atoms with Crippen molar-refractivity contribution in [2.24, 2.45) is 13.0 Å². The number of hydrogen-bond donors (Lipinski definition) is 1. The molecule has 114 valence electrons. The number of thioether (sulfide) groups is 1. The highest BCUT2D eigenvalue weighted by Crippen LogP contribution is 2.32. The topological polar surface area (TPSA) is 67.2 Å². The van der Waals surface area contributed by atoms with E-state index in [1.165, 1.54) is 0 Å². The van der Waals surface area contributed by atoms with Crippen LogP contribution in [0.25, 0.3) is 0 Å². The minimum Gasteiger partial charge on any atom is -0.355 e. The monoisotopic (exact) mass is 308 g/mol. The van der Waals surface area contributed by atoms with Crippen LogP contribution in [-0.4, -0.2) is 51.1 Å². The number of imidazole rings is 1. The first-order valence-corrected chi connectivity index (χ1v) is 8.31. The van der Waals surface area contributed by atoms with Gasteiger partial charge in [0.2, 0.25) is 11.8 Å². The molecule has 1 aliphatic carbocycles. The van der Waals surface area contributed by atoms with Gasteiger partial charge >= 0.3 is 0 Å². The second-order valence-corrected chi connectivity index (χ2v) is 6.70. The minimum atomic E-state index is -0.170. The molecule has 0 unspecified atom stereocenters. The molecule has 2 heterocycles. The molecule has 1 atom stereocenters. The average molecular weight is 308 g/mol. The Kier molecular flexibility index (Phi) is 4.19. The van der Waals surface area contributed by atoms with Gasteiger partial charge in [0.05, 0.1) is 5.92 Å². The van der Waals surface area contributed by atoms with Crippen molar-refractivity contribution in [3.8, 4) is 0 Å². The van der Waals surface area contributed by atoms with Gasteiger partial charge in [-0.15, -0.1) is 0 Å². The van der Waals surface area contributed by atoms with Crippen molar-refractivity contribution in [3.05, 3.63) is 12.4 Å². The highest BCUT2D eigenvalue weighted by atomic mass is 32.2. The molecule has 1 saturated carbocycles. The van der Waals surface area contributed by atoms with Crippen LogP contribution in [0.4, 0.5) is 0 Å². The molecule has 2 aliphatic rings. The molecule has 21 heavy (non-hydrogen) atoms. The Hall–Kier alpha value is -1.50. The van der Waals surface area contributed by atoms with Crippen LogP contribution < -0.4 is 5.32 Å². The standard InChI is InChI=1S/C14H20N4O2S/c1-17-6-4-16-14(17)21-7-5-15-13(20)10-8-12(19)18(9-10)11-2-3-11/h4,6,10-11H,2-3,5,7-9H2,1H3,(H,15,20)/t10-/m1/s1. The van der Waals surface area contributed by atoms with Crippen molar-refractivity contribution in [2.45, 2.75) is 30.5 Å². The van der Waals surface area contributed by atoms with E-state index < -0.39 is 0 Å². The lowest BCUT2D eigenvalue weighted by Crippen LogP contribution is -2.34. The zero-order chi connectivity index (χ0) is 14.8. The first-order valence-electron chi connectivity index (χ1n) is 7.32. The summed E-state index contributed by atoms with van der Waals surface area (Å²) < 4.78 is 1.95. The van der Waals surface area contributed by atoms with E-state index in [9.17, 15) is 9.59 Å². The molecule has 1 aromatic heterocycles. The number of hydrogen-bond acceptors (Lipinski definition) is 4. The van der Waals surface area contributed by atoms with Gasteiger partial charge in [0.1, 0.15) is 0 Å². The first-order chi connectivity index (χ1) is 10.1. The number of nitrogens with one attached hydrogen (secondary N) is 1. The summed E-state index contributed by atoms with van der Waals surface area (Å²) in [4.78, 5) is 30.0. The van der Waals surface area contributed by atoms with E-state index >= 15 is 0 Å². The number of likely N-dealkylation sites (tertiary alicyclic amines) is 1. The first kappa shape index (κ1) is 14.4. The van der Waals surface area contributed by atoms with Gasteiger partial charge in [0, 0.05) is 50.7 Å². The van der Waals surface area contributed by atoms with E-state index in [0.717, 1.165) is 23.8 Å². The van der Waals surface area contributed by atoms with Crippen LogP contribution in [0.1, 0.15) is 19.3 Å². The summed E-state index contributed by atoms with van der Waals surface area (Å²) in [7, 11) is 1.95. The maximum absolute atomic E-state index is 12.1. The maximum Gasteiger partial charge on any atom is 0.225 e. The number of aryl methyl sites for hydroxylation is 1. The van der Waals surface area contributed by atoms with Crippen LogP contribution in [-0.2, 0) is 16.6 Å². The number of carbonyl (C=O) groups is 2. The number of aromatic nitrogens is 2. The fraction of sp³-hybridized carbons (Fsp3) is 0.643. The van der Waals surface area contributed by atoms with E-state index in [-0.39, 0.29) is 17.7 Å². The van der Waals surface area contributed by atoms with Gasteiger partial charge in [-0.05, 0) is 12.8 Å². The second-order valence-electron chi connectivity index (χ2n) is 5.64. The van der Waals surface area contributed by atoms with E-state index in [1.807, 2.05) is 22.7 Å². The Labute approximate surface area is 128 Å². The molecule has 0 radical (unpaired) electrons. The van der Waals surface area contributed by atoms with Crippen LogP contribution in [0.3, 0.4) is 0 Å². The lowest BCUT2D eigenvalue weighted by molar-refractivity contribution is -0.129. The van der Waals surface area contributed by atoms with Crippen LogP contribution in [0.2, 0.25) is 0 Å². The largest absolute Gasteiger partial charge is 0.355 e. The van der Waals surface area contributed by atoms with Crippen molar-refractivity contribution in [1.82, 2.24) is 19.8 Å². The zero-order valence-corrected chi connectivity index (χ0v) is 12.9. The van der Waals surface area contributed by atoms with Crippen molar-refractivity contribution in [3.63, 3.8) is 0 Å². The molecule has 1 saturated heterocycles. The number of nitrogens with zero attached hydrogens (tertiary/aromatic N) is 3. The van der Waals surface area contributed by atoms with Gasteiger partial charge in [-0.25, -0.2) is 4.98 Å². The summed E-state index contributed by atoms with van der Waals surface area (Å²) in [6.07, 6.45) is 6.23. The third-order valence-electron chi connectivity index (χ3n) is 3.93. The van der Waals surface area contributed by atoms with Crippen LogP contribution in [0.5, 0.6) is 0 Å². The smallest absolute Gasteiger partial charge is 0.225 e. The van der Waals surface area contributed by atoms with Crippen molar-refractivity contribution >= 4 is 23.6 Å². The Bertz CT molecular complexity index is 541. The Morgan fingerprint density at radius 2 is 2.33 bits per heavy atom. The van der Waals surface area contributed by atoms with Crippen LogP contribution in [0, 0.1) is 5.92 Å². The summed E-state index contributed by atoms with van der Waals surface area (Å²) in [5.74, 6) is 0.757. The summed E-state index contributed by atoms with van der Waals surface area (Å²) in [6.45, 7) is 1.20. The molecule has 6 nitrogen and oxygen atoms in total. The number of carbonyl (C=O) groups excluding carboxylic acids is 2. The average Bonchev–Trinajstić information content (AvgIpc) is 3.11. The molecular formula is C14H20N4O2S. The van der Waals surface area contributed by atoms with E-state index in [1.54, 1.807) is 18.0 Å². The third kappa shape index (κ3) is 3.40. The molecule has 2 fully saturated rings. The van der Waals surface area contributed by atoms with Crippen molar-refractivity contribution in [1.29, 1.82) is 0 Å². The molecule has 1 aliphatic heterocycles. The molecule has 0 aromatic carbocycles. The van der Waals surface area contributed by atoms with E-state index in [0.29, 0.717) is 25.6 Å². The van der Waals surface area contributed by atoms with Crippen LogP contribution in [0.15, 0.2) is 17.6 Å². The zero-order valence-electron chi connectivity index (χ0n) is 12.1. The Balaban J connectivity index is 1.38. The lowest BCUT2D eigenvalue weighted by atomic mass is 10.1. The van der Waals surface area contributed by atoms with Crippen LogP contribution >= 0.6 is 11.8 Å². The third-order valence-corrected chi connectivity index (χ3v) is 4.99. The highest BCUT2D eigenvalue weighted by Gasteiger charge is 2.41. The van der Waals surface area contributed by atoms with E-state index in [4.69, 9.17) is 0 Å². The quantitative estimate of drug-likeness (QED) is 0.618. The van der Waals surface area contributed by atoms with Gasteiger partial charge in [-0.3, -0.25) is 9.59 Å². The summed E-state index contributed by atoms with van der Waals surface area (Å²) >= 11 is 1.61. The molecule has 7 heteroatoms. The maximum atomic E-state index is 12.1. The Morgan fingerprint density at radius 1 is 1.52 bits per heavy atom. The van der Waals surface area contributed by atoms with Gasteiger partial charge in [-0.1, -0.05) is 11.8 Å².